The minimum Gasteiger partial charge on any atom is -0.495 e. The van der Waals surface area contributed by atoms with Gasteiger partial charge in [0.15, 0.2) is 0 Å². The molecule has 0 aliphatic rings. The number of nitrogens with one attached hydrogen (secondary N) is 2. The Morgan fingerprint density at radius 3 is 2.37 bits per heavy atom. The first kappa shape index (κ1) is 21.0. The lowest BCUT2D eigenvalue weighted by Crippen LogP contribution is -2.20. The van der Waals surface area contributed by atoms with Crippen LogP contribution < -0.4 is 20.5 Å². The maximum Gasteiger partial charge on any atom is 0.269 e. The third kappa shape index (κ3) is 4.31. The number of rotatable bonds is 7. The van der Waals surface area contributed by atoms with E-state index in [0.29, 0.717) is 11.4 Å². The maximum atomic E-state index is 12.6. The zero-order chi connectivity index (χ0) is 21.9. The van der Waals surface area contributed by atoms with E-state index in [4.69, 9.17) is 10.5 Å². The van der Waals surface area contributed by atoms with E-state index in [0.717, 1.165) is 0 Å². The molecular weight excluding hydrogens is 410 g/mol. The molecule has 0 aliphatic carbocycles. The minimum atomic E-state index is -3.81. The molecular formula is C19H19N5O5S. The van der Waals surface area contributed by atoms with Crippen LogP contribution >= 0.6 is 0 Å². The van der Waals surface area contributed by atoms with E-state index in [-0.39, 0.29) is 21.9 Å². The van der Waals surface area contributed by atoms with Crippen molar-refractivity contribution in [2.24, 2.45) is 5.73 Å². The SMILES string of the molecule is CNS(=O)(=O)c1cc(C(=O)Nc2ccc(-n3ccc(C(N)=O)n3)cc2)ccc1OC. The molecule has 0 saturated heterocycles. The highest BCUT2D eigenvalue weighted by Gasteiger charge is 2.20. The molecule has 0 bridgehead atoms. The Kier molecular flexibility index (Phi) is 5.85. The van der Waals surface area contributed by atoms with E-state index < -0.39 is 21.8 Å². The minimum absolute atomic E-state index is 0.125. The Balaban J connectivity index is 1.80. The number of primary amides is 1. The molecule has 3 aromatic rings. The molecule has 1 aromatic heterocycles. The molecule has 1 heterocycles. The van der Waals surface area contributed by atoms with Gasteiger partial charge >= 0.3 is 0 Å². The smallest absolute Gasteiger partial charge is 0.269 e. The van der Waals surface area contributed by atoms with Gasteiger partial charge in [-0.15, -0.1) is 0 Å². The van der Waals surface area contributed by atoms with Crippen molar-refractivity contribution >= 4 is 27.5 Å². The summed E-state index contributed by atoms with van der Waals surface area (Å²) in [4.78, 5) is 23.6. The molecule has 30 heavy (non-hydrogen) atoms. The van der Waals surface area contributed by atoms with Crippen LogP contribution in [0.1, 0.15) is 20.8 Å². The van der Waals surface area contributed by atoms with E-state index >= 15 is 0 Å². The predicted octanol–water partition coefficient (Wildman–Crippen LogP) is 1.14. The Morgan fingerprint density at radius 1 is 1.10 bits per heavy atom. The number of nitrogens with two attached hydrogens (primary N) is 1. The summed E-state index contributed by atoms with van der Waals surface area (Å²) in [7, 11) is -1.19. The standard InChI is InChI=1S/C19H19N5O5S/c1-21-30(27,28)17-11-12(3-8-16(17)29-2)19(26)22-13-4-6-14(7-5-13)24-10-9-15(23-24)18(20)25/h3-11,21H,1-2H3,(H2,20,25)(H,22,26). The van der Waals surface area contributed by atoms with Crippen molar-refractivity contribution < 1.29 is 22.7 Å². The van der Waals surface area contributed by atoms with Crippen LogP contribution in [0.4, 0.5) is 5.69 Å². The van der Waals surface area contributed by atoms with E-state index in [2.05, 4.69) is 15.1 Å². The third-order valence-electron chi connectivity index (χ3n) is 4.22. The van der Waals surface area contributed by atoms with Crippen molar-refractivity contribution in [1.29, 1.82) is 0 Å². The van der Waals surface area contributed by atoms with Crippen molar-refractivity contribution in [2.45, 2.75) is 4.90 Å². The fraction of sp³-hybridized carbons (Fsp3) is 0.105. The monoisotopic (exact) mass is 429 g/mol. The average molecular weight is 429 g/mol. The third-order valence-corrected chi connectivity index (χ3v) is 5.65. The largest absolute Gasteiger partial charge is 0.495 e. The maximum absolute atomic E-state index is 12.6. The summed E-state index contributed by atoms with van der Waals surface area (Å²) in [6.45, 7) is 0. The van der Waals surface area contributed by atoms with Gasteiger partial charge in [-0.2, -0.15) is 5.10 Å². The van der Waals surface area contributed by atoms with Gasteiger partial charge in [0.25, 0.3) is 11.8 Å². The molecule has 0 radical (unpaired) electrons. The van der Waals surface area contributed by atoms with Crippen molar-refractivity contribution in [1.82, 2.24) is 14.5 Å². The summed E-state index contributed by atoms with van der Waals surface area (Å²) < 4.78 is 33.1. The number of hydrogen-bond acceptors (Lipinski definition) is 6. The van der Waals surface area contributed by atoms with Gasteiger partial charge in [0, 0.05) is 17.4 Å². The lowest BCUT2D eigenvalue weighted by Gasteiger charge is -2.11. The second-order valence-corrected chi connectivity index (χ2v) is 7.94. The number of carbonyl (C=O) groups is 2. The summed E-state index contributed by atoms with van der Waals surface area (Å²) in [6.07, 6.45) is 1.59. The van der Waals surface area contributed by atoms with Gasteiger partial charge in [-0.1, -0.05) is 0 Å². The molecule has 3 rings (SSSR count). The number of amides is 2. The first-order chi connectivity index (χ1) is 14.2. The Morgan fingerprint density at radius 2 is 1.80 bits per heavy atom. The number of nitrogens with zero attached hydrogens (tertiary/aromatic N) is 2. The van der Waals surface area contributed by atoms with Crippen molar-refractivity contribution in [3.63, 3.8) is 0 Å². The summed E-state index contributed by atoms with van der Waals surface area (Å²) >= 11 is 0. The van der Waals surface area contributed by atoms with E-state index in [1.807, 2.05) is 0 Å². The number of benzene rings is 2. The van der Waals surface area contributed by atoms with Crippen LogP contribution in [0.25, 0.3) is 5.69 Å². The van der Waals surface area contributed by atoms with E-state index in [1.54, 1.807) is 30.5 Å². The number of carbonyl (C=O) groups excluding carboxylic acids is 2. The second-order valence-electron chi connectivity index (χ2n) is 6.08. The molecule has 0 spiro atoms. The summed E-state index contributed by atoms with van der Waals surface area (Å²) in [5, 5.41) is 6.75. The molecule has 0 fully saturated rings. The van der Waals surface area contributed by atoms with Crippen molar-refractivity contribution in [3.05, 3.63) is 66.0 Å². The number of ether oxygens (including phenoxy) is 1. The zero-order valence-electron chi connectivity index (χ0n) is 16.1. The quantitative estimate of drug-likeness (QED) is 0.513. The molecule has 0 unspecified atom stereocenters. The molecule has 156 valence electrons. The van der Waals surface area contributed by atoms with Gasteiger partial charge < -0.3 is 15.8 Å². The summed E-state index contributed by atoms with van der Waals surface area (Å²) in [6, 6.07) is 12.3. The molecule has 2 aromatic carbocycles. The van der Waals surface area contributed by atoms with Crippen LogP contribution in [0.5, 0.6) is 5.75 Å². The van der Waals surface area contributed by atoms with Gasteiger partial charge in [0.05, 0.1) is 12.8 Å². The van der Waals surface area contributed by atoms with Gasteiger partial charge in [0.2, 0.25) is 10.0 Å². The highest BCUT2D eigenvalue weighted by molar-refractivity contribution is 7.89. The highest BCUT2D eigenvalue weighted by Crippen LogP contribution is 2.25. The molecule has 0 saturated carbocycles. The van der Waals surface area contributed by atoms with Crippen molar-refractivity contribution in [2.75, 3.05) is 19.5 Å². The molecule has 0 atom stereocenters. The number of hydrogen-bond donors (Lipinski definition) is 3. The first-order valence-corrected chi connectivity index (χ1v) is 10.1. The Bertz CT molecular complexity index is 1200. The normalized spacial score (nSPS) is 11.1. The lowest BCUT2D eigenvalue weighted by molar-refractivity contribution is 0.0993. The molecule has 4 N–H and O–H groups in total. The van der Waals surface area contributed by atoms with Gasteiger partial charge in [-0.25, -0.2) is 17.8 Å². The van der Waals surface area contributed by atoms with Gasteiger partial charge in [0.1, 0.15) is 16.3 Å². The second kappa shape index (κ2) is 8.35. The highest BCUT2D eigenvalue weighted by atomic mass is 32.2. The van der Waals surface area contributed by atoms with E-state index in [1.165, 1.54) is 43.1 Å². The molecule has 2 amide bonds. The van der Waals surface area contributed by atoms with Crippen LogP contribution in [-0.4, -0.2) is 44.2 Å². The number of aromatic nitrogens is 2. The number of anilines is 1. The lowest BCUT2D eigenvalue weighted by atomic mass is 10.2. The fourth-order valence-electron chi connectivity index (χ4n) is 2.64. The van der Waals surface area contributed by atoms with E-state index in [9.17, 15) is 18.0 Å². The van der Waals surface area contributed by atoms with Crippen LogP contribution in [0.3, 0.4) is 0 Å². The van der Waals surface area contributed by atoms with Gasteiger partial charge in [-0.3, -0.25) is 9.59 Å². The van der Waals surface area contributed by atoms with Crippen LogP contribution in [0, 0.1) is 0 Å². The van der Waals surface area contributed by atoms with Crippen molar-refractivity contribution in [3.8, 4) is 11.4 Å². The Hall–Kier alpha value is -3.70. The zero-order valence-corrected chi connectivity index (χ0v) is 16.9. The molecule has 10 nitrogen and oxygen atoms in total. The molecule has 0 aliphatic heterocycles. The number of methoxy groups -OCH3 is 1. The average Bonchev–Trinajstić information content (AvgIpc) is 3.24. The van der Waals surface area contributed by atoms with Crippen LogP contribution in [-0.2, 0) is 10.0 Å². The molecule has 11 heteroatoms. The van der Waals surface area contributed by atoms with Gasteiger partial charge in [-0.05, 0) is 55.6 Å². The number of sulfonamides is 1. The van der Waals surface area contributed by atoms with Crippen LogP contribution in [0.15, 0.2) is 59.6 Å². The summed E-state index contributed by atoms with van der Waals surface area (Å²) in [5.74, 6) is -0.996. The topological polar surface area (TPSA) is 145 Å². The fourth-order valence-corrected chi connectivity index (χ4v) is 3.56. The summed E-state index contributed by atoms with van der Waals surface area (Å²) in [5.41, 5.74) is 6.62. The predicted molar refractivity (Wildman–Crippen MR) is 109 cm³/mol. The first-order valence-electron chi connectivity index (χ1n) is 8.64. The Labute approximate surface area is 172 Å². The van der Waals surface area contributed by atoms with Crippen LogP contribution in [0.2, 0.25) is 0 Å².